The number of nitrogens with one attached hydrogen (secondary N) is 1. The number of hydrogen-bond acceptors (Lipinski definition) is 3. The van der Waals surface area contributed by atoms with Crippen LogP contribution in [-0.2, 0) is 0 Å². The maximum Gasteiger partial charge on any atom is 0.125 e. The number of nitrogen functional groups attached to an aromatic ring is 1. The number of pyridine rings is 1. The SMILES string of the molecule is Cc1cccc(Sc2nc(C)cc(C)c2C(=N)N)c1. The molecule has 0 aliphatic rings. The van der Waals surface area contributed by atoms with Crippen molar-refractivity contribution < 1.29 is 0 Å². The zero-order valence-electron chi connectivity index (χ0n) is 11.3. The fourth-order valence-corrected chi connectivity index (χ4v) is 3.17. The fraction of sp³-hybridized carbons (Fsp3) is 0.200. The van der Waals surface area contributed by atoms with E-state index in [2.05, 4.69) is 24.0 Å². The van der Waals surface area contributed by atoms with Crippen molar-refractivity contribution in [2.45, 2.75) is 30.7 Å². The van der Waals surface area contributed by atoms with Crippen molar-refractivity contribution in [1.29, 1.82) is 5.41 Å². The third-order valence-corrected chi connectivity index (χ3v) is 3.76. The molecule has 0 amide bonds. The molecular formula is C15H17N3S. The molecule has 0 saturated heterocycles. The molecule has 0 aliphatic heterocycles. The van der Waals surface area contributed by atoms with Crippen LogP contribution in [0.2, 0.25) is 0 Å². The van der Waals surface area contributed by atoms with Gasteiger partial charge in [0.2, 0.25) is 0 Å². The molecule has 0 aliphatic carbocycles. The maximum atomic E-state index is 7.72. The van der Waals surface area contributed by atoms with E-state index in [1.165, 1.54) is 5.56 Å². The van der Waals surface area contributed by atoms with Gasteiger partial charge in [0, 0.05) is 10.6 Å². The van der Waals surface area contributed by atoms with Crippen molar-refractivity contribution in [3.05, 3.63) is 52.7 Å². The summed E-state index contributed by atoms with van der Waals surface area (Å²) in [5.74, 6) is 0.0696. The van der Waals surface area contributed by atoms with Crippen molar-refractivity contribution in [2.24, 2.45) is 5.73 Å². The van der Waals surface area contributed by atoms with Gasteiger partial charge >= 0.3 is 0 Å². The van der Waals surface area contributed by atoms with Gasteiger partial charge in [-0.3, -0.25) is 5.41 Å². The van der Waals surface area contributed by atoms with Gasteiger partial charge in [0.25, 0.3) is 0 Å². The summed E-state index contributed by atoms with van der Waals surface area (Å²) in [7, 11) is 0. The molecule has 0 saturated carbocycles. The first-order valence-electron chi connectivity index (χ1n) is 6.04. The van der Waals surface area contributed by atoms with Crippen LogP contribution < -0.4 is 5.73 Å². The summed E-state index contributed by atoms with van der Waals surface area (Å²) in [6.07, 6.45) is 0. The molecule has 3 N–H and O–H groups in total. The Morgan fingerprint density at radius 1 is 1.21 bits per heavy atom. The van der Waals surface area contributed by atoms with E-state index < -0.39 is 0 Å². The molecule has 2 aromatic rings. The zero-order chi connectivity index (χ0) is 14.0. The molecule has 1 heterocycles. The third kappa shape index (κ3) is 3.15. The number of hydrogen-bond donors (Lipinski definition) is 2. The number of aryl methyl sites for hydroxylation is 3. The molecule has 0 fully saturated rings. The predicted molar refractivity (Wildman–Crippen MR) is 80.0 cm³/mol. The number of nitrogens with zero attached hydrogens (tertiary/aromatic N) is 1. The normalized spacial score (nSPS) is 10.5. The van der Waals surface area contributed by atoms with E-state index >= 15 is 0 Å². The highest BCUT2D eigenvalue weighted by Gasteiger charge is 2.13. The lowest BCUT2D eigenvalue weighted by Crippen LogP contribution is -2.15. The van der Waals surface area contributed by atoms with E-state index in [9.17, 15) is 0 Å². The summed E-state index contributed by atoms with van der Waals surface area (Å²) in [6.45, 7) is 5.98. The molecule has 1 aromatic heterocycles. The van der Waals surface area contributed by atoms with E-state index in [0.717, 1.165) is 26.7 Å². The second kappa shape index (κ2) is 5.45. The monoisotopic (exact) mass is 271 g/mol. The summed E-state index contributed by atoms with van der Waals surface area (Å²) in [5, 5.41) is 8.52. The van der Waals surface area contributed by atoms with Crippen LogP contribution in [0, 0.1) is 26.2 Å². The van der Waals surface area contributed by atoms with Crippen LogP contribution in [0.4, 0.5) is 0 Å². The molecule has 19 heavy (non-hydrogen) atoms. The van der Waals surface area contributed by atoms with Crippen LogP contribution in [0.3, 0.4) is 0 Å². The van der Waals surface area contributed by atoms with Gasteiger partial charge in [-0.15, -0.1) is 0 Å². The number of aromatic nitrogens is 1. The number of rotatable bonds is 3. The second-order valence-electron chi connectivity index (χ2n) is 4.59. The van der Waals surface area contributed by atoms with Crippen LogP contribution in [0.1, 0.15) is 22.4 Å². The number of benzene rings is 1. The molecule has 0 spiro atoms. The van der Waals surface area contributed by atoms with E-state index in [1.807, 2.05) is 32.0 Å². The number of amidine groups is 1. The summed E-state index contributed by atoms with van der Waals surface area (Å²) in [5.41, 5.74) is 9.56. The summed E-state index contributed by atoms with van der Waals surface area (Å²) >= 11 is 1.55. The Hall–Kier alpha value is -1.81. The van der Waals surface area contributed by atoms with Crippen molar-refractivity contribution in [2.75, 3.05) is 0 Å². The van der Waals surface area contributed by atoms with Gasteiger partial charge in [0.1, 0.15) is 10.9 Å². The molecule has 4 heteroatoms. The molecule has 0 radical (unpaired) electrons. The smallest absolute Gasteiger partial charge is 0.125 e. The standard InChI is InChI=1S/C15H17N3S/c1-9-5-4-6-12(7-9)19-15-13(14(16)17)10(2)8-11(3)18-15/h4-8H,1-3H3,(H3,16,17). The Morgan fingerprint density at radius 2 is 1.95 bits per heavy atom. The third-order valence-electron chi connectivity index (χ3n) is 2.78. The minimum Gasteiger partial charge on any atom is -0.384 e. The minimum absolute atomic E-state index is 0.0696. The van der Waals surface area contributed by atoms with Gasteiger partial charge < -0.3 is 5.73 Å². The quantitative estimate of drug-likeness (QED) is 0.664. The summed E-state index contributed by atoms with van der Waals surface area (Å²) in [6, 6.07) is 10.2. The van der Waals surface area contributed by atoms with Crippen LogP contribution in [-0.4, -0.2) is 10.8 Å². The maximum absolute atomic E-state index is 7.72. The van der Waals surface area contributed by atoms with Crippen LogP contribution in [0.5, 0.6) is 0 Å². The van der Waals surface area contributed by atoms with Crippen molar-refractivity contribution in [3.63, 3.8) is 0 Å². The first kappa shape index (κ1) is 13.6. The average molecular weight is 271 g/mol. The van der Waals surface area contributed by atoms with Gasteiger partial charge in [-0.1, -0.05) is 29.5 Å². The van der Waals surface area contributed by atoms with Gasteiger partial charge in [-0.2, -0.15) is 0 Å². The molecule has 98 valence electrons. The Morgan fingerprint density at radius 3 is 2.58 bits per heavy atom. The topological polar surface area (TPSA) is 62.8 Å². The van der Waals surface area contributed by atoms with Gasteiger partial charge in [-0.05, 0) is 44.5 Å². The highest BCUT2D eigenvalue weighted by atomic mass is 32.2. The summed E-state index contributed by atoms with van der Waals surface area (Å²) in [4.78, 5) is 5.63. The Labute approximate surface area is 117 Å². The van der Waals surface area contributed by atoms with E-state index in [-0.39, 0.29) is 5.84 Å². The molecule has 0 atom stereocenters. The Balaban J connectivity index is 2.47. The lowest BCUT2D eigenvalue weighted by Gasteiger charge is -2.11. The Kier molecular flexibility index (Phi) is 3.90. The average Bonchev–Trinajstić information content (AvgIpc) is 2.26. The molecule has 0 unspecified atom stereocenters. The highest BCUT2D eigenvalue weighted by Crippen LogP contribution is 2.31. The summed E-state index contributed by atoms with van der Waals surface area (Å²) < 4.78 is 0. The molecule has 2 rings (SSSR count). The van der Waals surface area contributed by atoms with Gasteiger partial charge in [0.05, 0.1) is 5.56 Å². The van der Waals surface area contributed by atoms with Crippen LogP contribution in [0.15, 0.2) is 40.3 Å². The molecule has 0 bridgehead atoms. The molecular weight excluding hydrogens is 254 g/mol. The minimum atomic E-state index is 0.0696. The van der Waals surface area contributed by atoms with Crippen LogP contribution >= 0.6 is 11.8 Å². The molecule has 1 aromatic carbocycles. The first-order chi connectivity index (χ1) is 8.97. The predicted octanol–water partition coefficient (Wildman–Crippen LogP) is 3.44. The molecule has 3 nitrogen and oxygen atoms in total. The van der Waals surface area contributed by atoms with Gasteiger partial charge in [-0.25, -0.2) is 4.98 Å². The fourth-order valence-electron chi connectivity index (χ4n) is 1.99. The lowest BCUT2D eigenvalue weighted by molar-refractivity contribution is 1.03. The van der Waals surface area contributed by atoms with Crippen LogP contribution in [0.25, 0.3) is 0 Å². The first-order valence-corrected chi connectivity index (χ1v) is 6.86. The lowest BCUT2D eigenvalue weighted by atomic mass is 10.1. The van der Waals surface area contributed by atoms with E-state index in [0.29, 0.717) is 0 Å². The van der Waals surface area contributed by atoms with Crippen molar-refractivity contribution in [3.8, 4) is 0 Å². The highest BCUT2D eigenvalue weighted by molar-refractivity contribution is 7.99. The van der Waals surface area contributed by atoms with Gasteiger partial charge in [0.15, 0.2) is 0 Å². The van der Waals surface area contributed by atoms with Crippen molar-refractivity contribution in [1.82, 2.24) is 4.98 Å². The van der Waals surface area contributed by atoms with Crippen molar-refractivity contribution >= 4 is 17.6 Å². The second-order valence-corrected chi connectivity index (χ2v) is 5.66. The zero-order valence-corrected chi connectivity index (χ0v) is 12.1. The Bertz CT molecular complexity index is 635. The largest absolute Gasteiger partial charge is 0.384 e. The van der Waals surface area contributed by atoms with E-state index in [1.54, 1.807) is 11.8 Å². The van der Waals surface area contributed by atoms with E-state index in [4.69, 9.17) is 11.1 Å². The number of nitrogens with two attached hydrogens (primary N) is 1.